The molecule has 16 unspecified atom stereocenters. The van der Waals surface area contributed by atoms with Gasteiger partial charge in [-0.05, 0) is 216 Å². The first kappa shape index (κ1) is 65.9. The van der Waals surface area contributed by atoms with Crippen LogP contribution < -0.4 is 4.74 Å². The van der Waals surface area contributed by atoms with Crippen molar-refractivity contribution < 1.29 is 43.2 Å². The van der Waals surface area contributed by atoms with E-state index >= 15 is 0 Å². The number of esters is 2. The van der Waals surface area contributed by atoms with Crippen LogP contribution in [-0.4, -0.2) is 58.1 Å². The Morgan fingerprint density at radius 2 is 1.23 bits per heavy atom. The first-order valence-corrected chi connectivity index (χ1v) is 34.2. The second-order valence-electron chi connectivity index (χ2n) is 28.9. The van der Waals surface area contributed by atoms with Gasteiger partial charge in [-0.1, -0.05) is 156 Å². The minimum atomic E-state index is -0.100. The molecule has 0 spiro atoms. The van der Waals surface area contributed by atoms with Crippen molar-refractivity contribution >= 4 is 23.5 Å². The van der Waals surface area contributed by atoms with Crippen LogP contribution in [0.1, 0.15) is 265 Å². The summed E-state index contributed by atoms with van der Waals surface area (Å²) in [6.07, 6.45) is 20.3. The van der Waals surface area contributed by atoms with E-state index in [0.29, 0.717) is 57.6 Å². The van der Waals surface area contributed by atoms with Crippen LogP contribution in [0.25, 0.3) is 0 Å². The molecular formula is C78H106O9. The predicted molar refractivity (Wildman–Crippen MR) is 348 cm³/mol. The number of phenols is 1. The Morgan fingerprint density at radius 1 is 0.678 bits per heavy atom. The number of aromatic hydroxyl groups is 1. The zero-order valence-electron chi connectivity index (χ0n) is 55.3. The average Bonchev–Trinajstić information content (AvgIpc) is 1.61. The maximum Gasteiger partial charge on any atom is 0.312 e. The van der Waals surface area contributed by atoms with E-state index in [1.54, 1.807) is 42.5 Å². The number of hydrogen-bond donors (Lipinski definition) is 1. The molecule has 0 amide bonds. The summed E-state index contributed by atoms with van der Waals surface area (Å²) in [6, 6.07) is 28.8. The van der Waals surface area contributed by atoms with Crippen molar-refractivity contribution in [3.8, 4) is 11.5 Å². The van der Waals surface area contributed by atoms with Crippen molar-refractivity contribution in [3.63, 3.8) is 0 Å². The maximum absolute atomic E-state index is 12.6. The number of hydrogen-bond acceptors (Lipinski definition) is 9. The van der Waals surface area contributed by atoms with E-state index in [-0.39, 0.29) is 70.3 Å². The van der Waals surface area contributed by atoms with Crippen molar-refractivity contribution in [1.82, 2.24) is 0 Å². The van der Waals surface area contributed by atoms with E-state index in [1.165, 1.54) is 80.9 Å². The highest BCUT2D eigenvalue weighted by Crippen LogP contribution is 2.71. The normalized spacial score (nSPS) is 29.9. The minimum Gasteiger partial charge on any atom is -0.508 e. The molecule has 0 aromatic heterocycles. The van der Waals surface area contributed by atoms with Gasteiger partial charge in [-0.15, -0.1) is 0 Å². The fourth-order valence-corrected chi connectivity index (χ4v) is 16.5. The summed E-state index contributed by atoms with van der Waals surface area (Å²) in [5.41, 5.74) is 7.33. The van der Waals surface area contributed by atoms with Gasteiger partial charge < -0.3 is 24.1 Å². The average molecular weight is 1190 g/mol. The summed E-state index contributed by atoms with van der Waals surface area (Å²) in [4.78, 5) is 49.1. The monoisotopic (exact) mass is 1190 g/mol. The quantitative estimate of drug-likeness (QED) is 0.0584. The molecule has 6 aliphatic carbocycles. The van der Waals surface area contributed by atoms with Gasteiger partial charge in [0.25, 0.3) is 0 Å². The first-order chi connectivity index (χ1) is 41.5. The van der Waals surface area contributed by atoms with Crippen LogP contribution in [0, 0.1) is 58.7 Å². The maximum atomic E-state index is 12.6. The third-order valence-corrected chi connectivity index (χ3v) is 23.4. The van der Waals surface area contributed by atoms with Crippen molar-refractivity contribution in [3.05, 3.63) is 142 Å². The Balaban J connectivity index is 0.000000131. The Kier molecular flexibility index (Phi) is 21.0. The highest BCUT2D eigenvalue weighted by molar-refractivity contribution is 6.28. The second kappa shape index (κ2) is 27.7. The first-order valence-electron chi connectivity index (χ1n) is 34.2. The van der Waals surface area contributed by atoms with E-state index in [2.05, 4.69) is 114 Å². The SMILES string of the molecule is C=C(CC1C2CC3C(=O)OC1C3O2)C(C)(C)CC.CCC(C)C(=O)OC1(CC)CC2CC1C1C3CCC(C3)C21.CCC(C)c1ccc(O)cc1.CCC(C)c1ccc(OC2(C)CCCC2)cc1.CCC(C)c1ccc2c(c1)C(=O)c1ccccc1C2=O. The number of phenolic OH excluding ortho intramolecular Hbond substituents is 1. The molecule has 472 valence electrons. The predicted octanol–water partition coefficient (Wildman–Crippen LogP) is 18.9. The number of fused-ring (bicyclic) bond motifs is 12. The molecule has 8 fully saturated rings. The molecule has 0 radical (unpaired) electrons. The summed E-state index contributed by atoms with van der Waals surface area (Å²) >= 11 is 0. The fraction of sp³-hybridized carbons (Fsp3) is 0.615. The Morgan fingerprint density at radius 3 is 1.80 bits per heavy atom. The lowest BCUT2D eigenvalue weighted by atomic mass is 9.65. The van der Waals surface area contributed by atoms with Crippen molar-refractivity contribution in [2.45, 2.75) is 246 Å². The third-order valence-electron chi connectivity index (χ3n) is 23.4. The molecule has 9 heteroatoms. The van der Waals surface area contributed by atoms with E-state index in [9.17, 15) is 19.2 Å². The van der Waals surface area contributed by atoms with E-state index in [4.69, 9.17) is 24.1 Å². The zero-order chi connectivity index (χ0) is 62.7. The minimum absolute atomic E-state index is 0.00865. The van der Waals surface area contributed by atoms with Crippen LogP contribution >= 0.6 is 0 Å². The lowest BCUT2D eigenvalue weighted by Crippen LogP contribution is -2.48. The molecule has 3 aliphatic heterocycles. The highest BCUT2D eigenvalue weighted by atomic mass is 16.6. The molecule has 9 nitrogen and oxygen atoms in total. The second-order valence-corrected chi connectivity index (χ2v) is 28.9. The van der Waals surface area contributed by atoms with Crippen molar-refractivity contribution in [1.29, 1.82) is 0 Å². The molecule has 16 atom stereocenters. The summed E-state index contributed by atoms with van der Waals surface area (Å²) in [7, 11) is 0. The number of carbonyl (C=O) groups is 4. The highest BCUT2D eigenvalue weighted by Gasteiger charge is 2.68. The lowest BCUT2D eigenvalue weighted by molar-refractivity contribution is -0.177. The van der Waals surface area contributed by atoms with Crippen molar-refractivity contribution in [2.24, 2.45) is 58.7 Å². The van der Waals surface area contributed by atoms with Crippen LogP contribution in [0.15, 0.2) is 103 Å². The Labute approximate surface area is 522 Å². The topological polar surface area (TPSA) is 125 Å². The van der Waals surface area contributed by atoms with Gasteiger partial charge in [0, 0.05) is 34.1 Å². The van der Waals surface area contributed by atoms with Gasteiger partial charge in [0.05, 0.1) is 17.9 Å². The van der Waals surface area contributed by atoms with Gasteiger partial charge in [-0.3, -0.25) is 19.2 Å². The molecule has 9 aliphatic rings. The number of benzene rings is 4. The molecule has 3 heterocycles. The smallest absolute Gasteiger partial charge is 0.312 e. The number of carbonyl (C=O) groups excluding carboxylic acids is 4. The number of allylic oxidation sites excluding steroid dienone is 1. The largest absolute Gasteiger partial charge is 0.508 e. The van der Waals surface area contributed by atoms with Crippen LogP contribution in [0.4, 0.5) is 0 Å². The number of ketones is 2. The lowest BCUT2D eigenvalue weighted by Gasteiger charge is -2.46. The molecule has 6 bridgehead atoms. The van der Waals surface area contributed by atoms with Gasteiger partial charge in [0.15, 0.2) is 11.6 Å². The van der Waals surface area contributed by atoms with Gasteiger partial charge >= 0.3 is 11.9 Å². The number of ether oxygens (including phenoxy) is 4. The number of rotatable bonds is 16. The van der Waals surface area contributed by atoms with Crippen LogP contribution in [0.2, 0.25) is 0 Å². The summed E-state index contributed by atoms with van der Waals surface area (Å²) < 4.78 is 23.7. The Bertz CT molecular complexity index is 3040. The van der Waals surface area contributed by atoms with Gasteiger partial charge in [0.1, 0.15) is 34.9 Å². The molecule has 1 N–H and O–H groups in total. The molecular weight excluding hydrogens is 1080 g/mol. The molecule has 3 saturated heterocycles. The van der Waals surface area contributed by atoms with Gasteiger partial charge in [-0.2, -0.15) is 0 Å². The zero-order valence-corrected chi connectivity index (χ0v) is 55.3. The molecule has 4 aromatic rings. The molecule has 13 rings (SSSR count). The summed E-state index contributed by atoms with van der Waals surface area (Å²) in [5, 5.41) is 9.01. The fourth-order valence-electron chi connectivity index (χ4n) is 16.5. The van der Waals surface area contributed by atoms with Crippen LogP contribution in [0.3, 0.4) is 0 Å². The van der Waals surface area contributed by atoms with Gasteiger partial charge in [0.2, 0.25) is 0 Å². The van der Waals surface area contributed by atoms with E-state index in [0.717, 1.165) is 85.8 Å². The Hall–Kier alpha value is -5.54. The molecule has 5 saturated carbocycles. The van der Waals surface area contributed by atoms with E-state index in [1.807, 2.05) is 31.2 Å². The van der Waals surface area contributed by atoms with Crippen LogP contribution in [0.5, 0.6) is 11.5 Å². The standard InChI is InChI=1S/C19H30O2.C18H16O2.C16H24O.C15H22O3.C10H14O/c1-4-11(3)18(20)21-19(5-2)10-14-9-15(19)17-13-7-6-12(8-13)16(14)17;1-3-11(2)12-8-9-15-16(10-12)18(20)14-7-5-4-6-13(14)17(15)19;1-4-13(2)14-7-9-15(10-8-14)17-16(3)11-5-6-12-16;1-5-15(3,4)8(2)6-9-11-7-10-13(17-11)12(9)18-14(10)16;1-3-8(2)9-4-6-10(11)7-5-9/h11-17H,4-10H2,1-3H3;4-11H,3H2,1-2H3;7-10,13H,4-6,11-12H2,1-3H3;9-13H,2,5-7H2,1,3-4H3;4-8,11H,3H2,1-2H3. The summed E-state index contributed by atoms with van der Waals surface area (Å²) in [6.45, 7) is 32.6. The van der Waals surface area contributed by atoms with E-state index < -0.39 is 0 Å². The third kappa shape index (κ3) is 13.8. The molecule has 4 aromatic carbocycles. The molecule has 87 heavy (non-hydrogen) atoms. The van der Waals surface area contributed by atoms with Crippen LogP contribution in [-0.2, 0) is 23.8 Å². The van der Waals surface area contributed by atoms with Gasteiger partial charge in [-0.25, -0.2) is 0 Å². The summed E-state index contributed by atoms with van der Waals surface area (Å²) in [5.74, 6) is 8.75. The van der Waals surface area contributed by atoms with Crippen molar-refractivity contribution in [2.75, 3.05) is 0 Å².